The molecule has 0 aliphatic heterocycles. The van der Waals surface area contributed by atoms with Gasteiger partial charge in [-0.25, -0.2) is 4.98 Å². The fraction of sp³-hybridized carbons (Fsp3) is 0.455. The van der Waals surface area contributed by atoms with Crippen LogP contribution in [0.25, 0.3) is 0 Å². The van der Waals surface area contributed by atoms with Crippen molar-refractivity contribution in [3.63, 3.8) is 0 Å². The molecule has 2 rings (SSSR count). The third kappa shape index (κ3) is 2.14. The summed E-state index contributed by atoms with van der Waals surface area (Å²) in [7, 11) is 0. The summed E-state index contributed by atoms with van der Waals surface area (Å²) in [6.45, 7) is 0.631. The molecule has 1 saturated carbocycles. The number of nitrogens with two attached hydrogens (primary N) is 1. The van der Waals surface area contributed by atoms with Crippen LogP contribution in [-0.4, -0.2) is 35.1 Å². The standard InChI is InChI=1S/C11H16N4O/c12-10(13)9-2-1-5-14-11(9)15(6-7-16)8-3-4-8/h1-2,5,8,16H,3-4,6-7H2,(H3,12,13). The molecule has 4 N–H and O–H groups in total. The van der Waals surface area contributed by atoms with Crippen molar-refractivity contribution in [2.45, 2.75) is 18.9 Å². The number of aliphatic hydroxyl groups is 1. The van der Waals surface area contributed by atoms with Crippen LogP contribution in [0, 0.1) is 5.41 Å². The molecule has 1 aromatic heterocycles. The van der Waals surface area contributed by atoms with Gasteiger partial charge in [-0.15, -0.1) is 0 Å². The van der Waals surface area contributed by atoms with E-state index >= 15 is 0 Å². The van der Waals surface area contributed by atoms with Crippen LogP contribution >= 0.6 is 0 Å². The minimum atomic E-state index is 0.0201. The third-order valence-corrected chi connectivity index (χ3v) is 2.68. The van der Waals surface area contributed by atoms with Crippen molar-refractivity contribution in [2.75, 3.05) is 18.1 Å². The van der Waals surface area contributed by atoms with Gasteiger partial charge in [0.2, 0.25) is 0 Å². The van der Waals surface area contributed by atoms with Crippen molar-refractivity contribution in [3.8, 4) is 0 Å². The van der Waals surface area contributed by atoms with Gasteiger partial charge in [0.05, 0.1) is 12.2 Å². The molecular weight excluding hydrogens is 204 g/mol. The second-order valence-corrected chi connectivity index (χ2v) is 3.94. The molecule has 1 aliphatic rings. The van der Waals surface area contributed by atoms with E-state index in [9.17, 15) is 0 Å². The second kappa shape index (κ2) is 4.49. The van der Waals surface area contributed by atoms with Gasteiger partial charge in [0.1, 0.15) is 11.7 Å². The molecule has 1 aliphatic carbocycles. The maximum absolute atomic E-state index is 9.05. The first kappa shape index (κ1) is 10.9. The molecule has 86 valence electrons. The first-order chi connectivity index (χ1) is 7.74. The fourth-order valence-electron chi connectivity index (χ4n) is 1.79. The van der Waals surface area contributed by atoms with Gasteiger partial charge in [-0.2, -0.15) is 0 Å². The average molecular weight is 220 g/mol. The zero-order chi connectivity index (χ0) is 11.5. The second-order valence-electron chi connectivity index (χ2n) is 3.94. The Bertz CT molecular complexity index is 389. The van der Waals surface area contributed by atoms with Gasteiger partial charge in [-0.05, 0) is 25.0 Å². The van der Waals surface area contributed by atoms with Gasteiger partial charge in [-0.3, -0.25) is 5.41 Å². The van der Waals surface area contributed by atoms with Gasteiger partial charge in [0.25, 0.3) is 0 Å². The lowest BCUT2D eigenvalue weighted by molar-refractivity contribution is 0.301. The molecule has 0 amide bonds. The monoisotopic (exact) mass is 220 g/mol. The number of nitrogens with zero attached hydrogens (tertiary/aromatic N) is 2. The number of hydrogen-bond donors (Lipinski definition) is 3. The highest BCUT2D eigenvalue weighted by Gasteiger charge is 2.31. The van der Waals surface area contributed by atoms with Crippen molar-refractivity contribution in [2.24, 2.45) is 5.73 Å². The van der Waals surface area contributed by atoms with Crippen molar-refractivity contribution < 1.29 is 5.11 Å². The summed E-state index contributed by atoms with van der Waals surface area (Å²) in [5, 5.41) is 16.6. The van der Waals surface area contributed by atoms with Gasteiger partial charge >= 0.3 is 0 Å². The van der Waals surface area contributed by atoms with Crippen LogP contribution in [0.15, 0.2) is 18.3 Å². The highest BCUT2D eigenvalue weighted by molar-refractivity contribution is 5.99. The van der Waals surface area contributed by atoms with Crippen LogP contribution in [0.1, 0.15) is 18.4 Å². The van der Waals surface area contributed by atoms with E-state index in [1.807, 2.05) is 4.90 Å². The largest absolute Gasteiger partial charge is 0.395 e. The Hall–Kier alpha value is -1.62. The summed E-state index contributed by atoms with van der Waals surface area (Å²) in [5.74, 6) is 0.734. The summed E-state index contributed by atoms with van der Waals surface area (Å²) in [6.07, 6.45) is 3.93. The molecule has 0 aromatic carbocycles. The van der Waals surface area contributed by atoms with Gasteiger partial charge in [0, 0.05) is 18.8 Å². The zero-order valence-corrected chi connectivity index (χ0v) is 9.06. The molecule has 0 unspecified atom stereocenters. The molecule has 5 nitrogen and oxygen atoms in total. The van der Waals surface area contributed by atoms with Gasteiger partial charge < -0.3 is 15.7 Å². The van der Waals surface area contributed by atoms with Gasteiger partial charge in [-0.1, -0.05) is 0 Å². The van der Waals surface area contributed by atoms with Gasteiger partial charge in [0.15, 0.2) is 0 Å². The van der Waals surface area contributed by atoms with E-state index in [1.54, 1.807) is 18.3 Å². The molecule has 16 heavy (non-hydrogen) atoms. The third-order valence-electron chi connectivity index (χ3n) is 2.68. The summed E-state index contributed by atoms with van der Waals surface area (Å²) < 4.78 is 0. The smallest absolute Gasteiger partial charge is 0.139 e. The summed E-state index contributed by atoms with van der Waals surface area (Å²) >= 11 is 0. The molecule has 1 heterocycles. The van der Waals surface area contributed by atoms with E-state index in [0.717, 1.165) is 12.8 Å². The summed E-state index contributed by atoms with van der Waals surface area (Å²) in [4.78, 5) is 6.31. The van der Waals surface area contributed by atoms with Crippen LogP contribution in [0.2, 0.25) is 0 Å². The maximum atomic E-state index is 9.05. The first-order valence-corrected chi connectivity index (χ1v) is 5.41. The number of nitrogens with one attached hydrogen (secondary N) is 1. The predicted molar refractivity (Wildman–Crippen MR) is 62.7 cm³/mol. The van der Waals surface area contributed by atoms with E-state index in [0.29, 0.717) is 24.0 Å². The number of amidine groups is 1. The van der Waals surface area contributed by atoms with Crippen LogP contribution < -0.4 is 10.6 Å². The van der Waals surface area contributed by atoms with E-state index in [2.05, 4.69) is 4.98 Å². The van der Waals surface area contributed by atoms with E-state index in [1.165, 1.54) is 0 Å². The minimum Gasteiger partial charge on any atom is -0.395 e. The lowest BCUT2D eigenvalue weighted by Gasteiger charge is -2.24. The van der Waals surface area contributed by atoms with Crippen LogP contribution in [0.3, 0.4) is 0 Å². The first-order valence-electron chi connectivity index (χ1n) is 5.41. The minimum absolute atomic E-state index is 0.0201. The van der Waals surface area contributed by atoms with E-state index < -0.39 is 0 Å². The van der Waals surface area contributed by atoms with Crippen LogP contribution in [-0.2, 0) is 0 Å². The number of nitrogen functional groups attached to an aromatic ring is 1. The molecule has 0 radical (unpaired) electrons. The van der Waals surface area contributed by atoms with Crippen LogP contribution in [0.4, 0.5) is 5.82 Å². The molecule has 0 bridgehead atoms. The fourth-order valence-corrected chi connectivity index (χ4v) is 1.79. The lowest BCUT2D eigenvalue weighted by Crippen LogP contribution is -2.32. The molecule has 1 fully saturated rings. The Kier molecular flexibility index (Phi) is 3.05. The Morgan fingerprint density at radius 3 is 2.94 bits per heavy atom. The average Bonchev–Trinajstić information content (AvgIpc) is 3.10. The summed E-state index contributed by atoms with van der Waals surface area (Å²) in [5.41, 5.74) is 6.16. The van der Waals surface area contributed by atoms with Crippen LogP contribution in [0.5, 0.6) is 0 Å². The summed E-state index contributed by atoms with van der Waals surface area (Å²) in [6, 6.07) is 4.00. The highest BCUT2D eigenvalue weighted by Crippen LogP contribution is 2.31. The quantitative estimate of drug-likeness (QED) is 0.493. The molecular formula is C11H16N4O. The molecule has 0 saturated heterocycles. The molecule has 0 atom stereocenters. The van der Waals surface area contributed by atoms with Crippen molar-refractivity contribution in [1.29, 1.82) is 5.41 Å². The zero-order valence-electron chi connectivity index (χ0n) is 9.06. The Labute approximate surface area is 94.4 Å². The van der Waals surface area contributed by atoms with Crippen molar-refractivity contribution >= 4 is 11.7 Å². The van der Waals surface area contributed by atoms with Crippen molar-refractivity contribution in [1.82, 2.24) is 4.98 Å². The number of rotatable bonds is 5. The number of aromatic nitrogens is 1. The number of hydrogen-bond acceptors (Lipinski definition) is 4. The molecule has 1 aromatic rings. The Morgan fingerprint density at radius 2 is 2.38 bits per heavy atom. The number of anilines is 1. The Balaban J connectivity index is 2.32. The van der Waals surface area contributed by atoms with E-state index in [-0.39, 0.29) is 12.4 Å². The topological polar surface area (TPSA) is 86.2 Å². The maximum Gasteiger partial charge on any atom is 0.139 e. The molecule has 0 spiro atoms. The lowest BCUT2D eigenvalue weighted by atomic mass is 10.2. The SMILES string of the molecule is N=C(N)c1cccnc1N(CCO)C1CC1. The van der Waals surface area contributed by atoms with Crippen molar-refractivity contribution in [3.05, 3.63) is 23.9 Å². The highest BCUT2D eigenvalue weighted by atomic mass is 16.3. The number of aliphatic hydroxyl groups excluding tert-OH is 1. The molecule has 5 heteroatoms. The Morgan fingerprint density at radius 1 is 1.62 bits per heavy atom. The predicted octanol–water partition coefficient (Wildman–Crippen LogP) is 0.327. The van der Waals surface area contributed by atoms with E-state index in [4.69, 9.17) is 16.2 Å². The normalized spacial score (nSPS) is 14.8. The number of pyridine rings is 1.